The van der Waals surface area contributed by atoms with E-state index in [1.807, 2.05) is 48.5 Å². The molecular formula is C16H18N2O2. The molecule has 2 rings (SSSR count). The van der Waals surface area contributed by atoms with Crippen molar-refractivity contribution < 1.29 is 9.53 Å². The van der Waals surface area contributed by atoms with Gasteiger partial charge in [-0.1, -0.05) is 12.1 Å². The van der Waals surface area contributed by atoms with Gasteiger partial charge in [0.05, 0.1) is 7.11 Å². The minimum Gasteiger partial charge on any atom is -0.497 e. The maximum Gasteiger partial charge on any atom is 0.224 e. The maximum atomic E-state index is 11.9. The second kappa shape index (κ2) is 6.61. The number of amides is 1. The molecule has 4 heteroatoms. The van der Waals surface area contributed by atoms with E-state index in [2.05, 4.69) is 5.32 Å². The summed E-state index contributed by atoms with van der Waals surface area (Å²) in [4.78, 5) is 11.9. The topological polar surface area (TPSA) is 64.3 Å². The standard InChI is InChI=1S/C16H18N2O2/c1-20-15-8-6-14(7-9-15)18-16(19)10-5-12-3-2-4-13(17)11-12/h2-4,6-9,11H,5,10,17H2,1H3,(H,18,19). The van der Waals surface area contributed by atoms with Gasteiger partial charge in [-0.3, -0.25) is 4.79 Å². The monoisotopic (exact) mass is 270 g/mol. The number of hydrogen-bond acceptors (Lipinski definition) is 3. The fraction of sp³-hybridized carbons (Fsp3) is 0.188. The number of nitrogens with two attached hydrogens (primary N) is 1. The summed E-state index contributed by atoms with van der Waals surface area (Å²) in [5, 5.41) is 2.85. The van der Waals surface area contributed by atoms with Crippen LogP contribution >= 0.6 is 0 Å². The van der Waals surface area contributed by atoms with Crippen LogP contribution in [0.3, 0.4) is 0 Å². The third kappa shape index (κ3) is 4.02. The summed E-state index contributed by atoms with van der Waals surface area (Å²) in [5.41, 5.74) is 8.26. The minimum atomic E-state index is -0.0161. The van der Waals surface area contributed by atoms with E-state index in [-0.39, 0.29) is 5.91 Å². The molecule has 0 bridgehead atoms. The Labute approximate surface area is 118 Å². The Balaban J connectivity index is 1.85. The molecule has 0 aliphatic heterocycles. The lowest BCUT2D eigenvalue weighted by Gasteiger charge is -2.06. The van der Waals surface area contributed by atoms with Crippen molar-refractivity contribution in [2.24, 2.45) is 0 Å². The molecule has 0 spiro atoms. The molecule has 0 atom stereocenters. The van der Waals surface area contributed by atoms with Gasteiger partial charge in [-0.05, 0) is 48.4 Å². The molecule has 3 N–H and O–H groups in total. The third-order valence-electron chi connectivity index (χ3n) is 2.97. The number of carbonyl (C=O) groups excluding carboxylic acids is 1. The number of ether oxygens (including phenoxy) is 1. The van der Waals surface area contributed by atoms with Crippen molar-refractivity contribution in [3.8, 4) is 5.75 Å². The quantitative estimate of drug-likeness (QED) is 0.821. The Hall–Kier alpha value is -2.49. The van der Waals surface area contributed by atoms with Gasteiger partial charge in [-0.25, -0.2) is 0 Å². The van der Waals surface area contributed by atoms with Crippen LogP contribution in [0.25, 0.3) is 0 Å². The number of benzene rings is 2. The van der Waals surface area contributed by atoms with E-state index in [9.17, 15) is 4.79 Å². The fourth-order valence-corrected chi connectivity index (χ4v) is 1.90. The van der Waals surface area contributed by atoms with E-state index >= 15 is 0 Å². The van der Waals surface area contributed by atoms with Gasteiger partial charge >= 0.3 is 0 Å². The van der Waals surface area contributed by atoms with Crippen LogP contribution in [-0.2, 0) is 11.2 Å². The second-order valence-electron chi connectivity index (χ2n) is 4.52. The molecular weight excluding hydrogens is 252 g/mol. The molecule has 4 nitrogen and oxygen atoms in total. The lowest BCUT2D eigenvalue weighted by atomic mass is 10.1. The van der Waals surface area contributed by atoms with Crippen LogP contribution in [-0.4, -0.2) is 13.0 Å². The summed E-state index contributed by atoms with van der Waals surface area (Å²) in [6.07, 6.45) is 1.10. The van der Waals surface area contributed by atoms with Crippen LogP contribution in [0.5, 0.6) is 5.75 Å². The molecule has 0 aromatic heterocycles. The van der Waals surface area contributed by atoms with Crippen LogP contribution in [0.15, 0.2) is 48.5 Å². The van der Waals surface area contributed by atoms with Crippen molar-refractivity contribution in [1.29, 1.82) is 0 Å². The van der Waals surface area contributed by atoms with E-state index in [4.69, 9.17) is 10.5 Å². The predicted molar refractivity (Wildman–Crippen MR) is 80.8 cm³/mol. The zero-order valence-corrected chi connectivity index (χ0v) is 11.4. The Morgan fingerprint density at radius 3 is 2.60 bits per heavy atom. The Kier molecular flexibility index (Phi) is 4.60. The van der Waals surface area contributed by atoms with Crippen molar-refractivity contribution in [3.63, 3.8) is 0 Å². The zero-order valence-electron chi connectivity index (χ0n) is 11.4. The Morgan fingerprint density at radius 2 is 1.95 bits per heavy atom. The number of nitrogens with one attached hydrogen (secondary N) is 1. The van der Waals surface area contributed by atoms with Crippen LogP contribution in [0.2, 0.25) is 0 Å². The molecule has 0 aliphatic carbocycles. The highest BCUT2D eigenvalue weighted by molar-refractivity contribution is 5.90. The smallest absolute Gasteiger partial charge is 0.224 e. The normalized spacial score (nSPS) is 10.1. The van der Waals surface area contributed by atoms with E-state index in [1.54, 1.807) is 7.11 Å². The van der Waals surface area contributed by atoms with Crippen molar-refractivity contribution in [3.05, 3.63) is 54.1 Å². The molecule has 0 radical (unpaired) electrons. The first-order valence-corrected chi connectivity index (χ1v) is 6.46. The average molecular weight is 270 g/mol. The molecule has 0 saturated heterocycles. The molecule has 20 heavy (non-hydrogen) atoms. The summed E-state index contributed by atoms with van der Waals surface area (Å²) >= 11 is 0. The number of nitrogen functional groups attached to an aromatic ring is 1. The fourth-order valence-electron chi connectivity index (χ4n) is 1.90. The summed E-state index contributed by atoms with van der Waals surface area (Å²) in [6.45, 7) is 0. The van der Waals surface area contributed by atoms with Gasteiger partial charge in [0, 0.05) is 17.8 Å². The Morgan fingerprint density at radius 1 is 1.20 bits per heavy atom. The highest BCUT2D eigenvalue weighted by atomic mass is 16.5. The van der Waals surface area contributed by atoms with Gasteiger partial charge in [0.15, 0.2) is 0 Å². The highest BCUT2D eigenvalue weighted by Gasteiger charge is 2.03. The number of hydrogen-bond donors (Lipinski definition) is 2. The van der Waals surface area contributed by atoms with Crippen LogP contribution in [0.1, 0.15) is 12.0 Å². The second-order valence-corrected chi connectivity index (χ2v) is 4.52. The average Bonchev–Trinajstić information content (AvgIpc) is 2.46. The maximum absolute atomic E-state index is 11.9. The van der Waals surface area contributed by atoms with Gasteiger partial charge in [0.1, 0.15) is 5.75 Å². The van der Waals surface area contributed by atoms with Crippen molar-refractivity contribution in [2.75, 3.05) is 18.2 Å². The lowest BCUT2D eigenvalue weighted by molar-refractivity contribution is -0.116. The van der Waals surface area contributed by atoms with Crippen LogP contribution in [0, 0.1) is 0 Å². The first-order chi connectivity index (χ1) is 9.67. The van der Waals surface area contributed by atoms with Gasteiger partial charge in [-0.15, -0.1) is 0 Å². The molecule has 0 heterocycles. The van der Waals surface area contributed by atoms with E-state index in [0.717, 1.165) is 22.7 Å². The van der Waals surface area contributed by atoms with Crippen molar-refractivity contribution in [1.82, 2.24) is 0 Å². The SMILES string of the molecule is COc1ccc(NC(=O)CCc2cccc(N)c2)cc1. The minimum absolute atomic E-state index is 0.0161. The third-order valence-corrected chi connectivity index (χ3v) is 2.97. The van der Waals surface area contributed by atoms with E-state index < -0.39 is 0 Å². The molecule has 0 unspecified atom stereocenters. The van der Waals surface area contributed by atoms with Gasteiger partial charge in [0.25, 0.3) is 0 Å². The molecule has 104 valence electrons. The molecule has 0 fully saturated rings. The molecule has 0 saturated carbocycles. The highest BCUT2D eigenvalue weighted by Crippen LogP contribution is 2.15. The first-order valence-electron chi connectivity index (χ1n) is 6.46. The van der Waals surface area contributed by atoms with E-state index in [1.165, 1.54) is 0 Å². The zero-order chi connectivity index (χ0) is 14.4. The van der Waals surface area contributed by atoms with Crippen LogP contribution < -0.4 is 15.8 Å². The summed E-state index contributed by atoms with van der Waals surface area (Å²) in [5.74, 6) is 0.750. The largest absolute Gasteiger partial charge is 0.497 e. The number of methoxy groups -OCH3 is 1. The predicted octanol–water partition coefficient (Wildman–Crippen LogP) is 2.85. The van der Waals surface area contributed by atoms with Gasteiger partial charge in [0.2, 0.25) is 5.91 Å². The van der Waals surface area contributed by atoms with Crippen molar-refractivity contribution >= 4 is 17.3 Å². The molecule has 0 aliphatic rings. The molecule has 2 aromatic carbocycles. The number of anilines is 2. The van der Waals surface area contributed by atoms with Gasteiger partial charge < -0.3 is 15.8 Å². The van der Waals surface area contributed by atoms with E-state index in [0.29, 0.717) is 12.8 Å². The first kappa shape index (κ1) is 13.9. The van der Waals surface area contributed by atoms with Gasteiger partial charge in [-0.2, -0.15) is 0 Å². The summed E-state index contributed by atoms with van der Waals surface area (Å²) in [6, 6.07) is 14.8. The lowest BCUT2D eigenvalue weighted by Crippen LogP contribution is -2.12. The summed E-state index contributed by atoms with van der Waals surface area (Å²) in [7, 11) is 1.61. The number of aryl methyl sites for hydroxylation is 1. The van der Waals surface area contributed by atoms with Crippen molar-refractivity contribution in [2.45, 2.75) is 12.8 Å². The Bertz CT molecular complexity index is 579. The molecule has 1 amide bonds. The summed E-state index contributed by atoms with van der Waals surface area (Å²) < 4.78 is 5.07. The van der Waals surface area contributed by atoms with Crippen LogP contribution in [0.4, 0.5) is 11.4 Å². The number of rotatable bonds is 5. The number of carbonyl (C=O) groups is 1. The molecule has 2 aromatic rings.